The fourth-order valence-corrected chi connectivity index (χ4v) is 2.99. The Morgan fingerprint density at radius 3 is 2.20 bits per heavy atom. The Morgan fingerprint density at radius 2 is 1.56 bits per heavy atom. The van der Waals surface area contributed by atoms with Gasteiger partial charge in [-0.15, -0.1) is 12.4 Å². The van der Waals surface area contributed by atoms with Crippen molar-refractivity contribution < 1.29 is 9.59 Å². The number of hydrogen-bond acceptors (Lipinski definition) is 3. The maximum Gasteiger partial charge on any atom is 0.260 e. The molecule has 8 heteroatoms. The number of halogens is 3. The van der Waals surface area contributed by atoms with Gasteiger partial charge in [0.15, 0.2) is 0 Å². The van der Waals surface area contributed by atoms with E-state index in [1.807, 2.05) is 12.1 Å². The van der Waals surface area contributed by atoms with Crippen molar-refractivity contribution in [3.8, 4) is 0 Å². The molecule has 2 aliphatic heterocycles. The molecule has 2 radical (unpaired) electrons. The van der Waals surface area contributed by atoms with Crippen LogP contribution in [-0.4, -0.2) is 19.7 Å². The Balaban J connectivity index is 0.000000222. The molecule has 2 N–H and O–H groups in total. The topological polar surface area (TPSA) is 58.2 Å². The van der Waals surface area contributed by atoms with E-state index in [4.69, 9.17) is 23.2 Å². The van der Waals surface area contributed by atoms with Crippen molar-refractivity contribution in [2.75, 3.05) is 0 Å². The van der Waals surface area contributed by atoms with Crippen LogP contribution in [0.1, 0.15) is 31.8 Å². The number of fused-ring (bicyclic) bond motifs is 2. The predicted molar refractivity (Wildman–Crippen MR) is 104 cm³/mol. The van der Waals surface area contributed by atoms with Crippen LogP contribution in [0.2, 0.25) is 16.9 Å². The maximum absolute atomic E-state index is 11.1. The molecule has 2 aromatic carbocycles. The van der Waals surface area contributed by atoms with Gasteiger partial charge in [0.2, 0.25) is 0 Å². The summed E-state index contributed by atoms with van der Waals surface area (Å²) in [6.45, 7) is 3.39. The molecule has 130 valence electrons. The van der Waals surface area contributed by atoms with Crippen LogP contribution < -0.4 is 10.6 Å². The van der Waals surface area contributed by atoms with Gasteiger partial charge in [-0.1, -0.05) is 48.2 Å². The van der Waals surface area contributed by atoms with Crippen LogP contribution in [0.3, 0.4) is 0 Å². The highest BCUT2D eigenvalue weighted by Crippen LogP contribution is 2.24. The summed E-state index contributed by atoms with van der Waals surface area (Å²) in [5.74, 6) is -0.793. The third-order valence-electron chi connectivity index (χ3n) is 3.55. The highest BCUT2D eigenvalue weighted by molar-refractivity contribution is 6.37. The average Bonchev–Trinajstić information content (AvgIpc) is 3.17. The lowest BCUT2D eigenvalue weighted by Gasteiger charge is -1.97. The Hall–Kier alpha value is -1.53. The standard InChI is InChI=1S/C8H4ClNO2.C8H8ClN.CH3B.ClH/c9-5-3-1-2-4-6(5)8(12)10-7(4)11;9-8-3-1-2-6-4-10-5-7(6)8;1-2;/h1-3H,(H,10,11,12);1-3,10H,4-5H2;1H3;1H. The van der Waals surface area contributed by atoms with Crippen LogP contribution in [0.15, 0.2) is 36.4 Å². The molecule has 0 saturated carbocycles. The number of hydrogen-bond donors (Lipinski definition) is 2. The van der Waals surface area contributed by atoms with E-state index in [1.165, 1.54) is 17.9 Å². The number of benzene rings is 2. The number of imide groups is 1. The van der Waals surface area contributed by atoms with Gasteiger partial charge in [-0.3, -0.25) is 14.9 Å². The first kappa shape index (κ1) is 21.5. The zero-order chi connectivity index (χ0) is 17.7. The molecule has 0 fully saturated rings. The van der Waals surface area contributed by atoms with Crippen molar-refractivity contribution in [3.63, 3.8) is 0 Å². The van der Waals surface area contributed by atoms with E-state index in [-0.39, 0.29) is 23.9 Å². The van der Waals surface area contributed by atoms with Crippen LogP contribution in [0.4, 0.5) is 0 Å². The zero-order valence-electron chi connectivity index (χ0n) is 13.4. The minimum absolute atomic E-state index is 0. The predicted octanol–water partition coefficient (Wildman–Crippen LogP) is 3.79. The van der Waals surface area contributed by atoms with E-state index in [0.717, 1.165) is 18.1 Å². The second-order valence-corrected chi connectivity index (χ2v) is 5.74. The molecular weight excluding hydrogens is 381 g/mol. The molecule has 0 atom stereocenters. The van der Waals surface area contributed by atoms with E-state index in [9.17, 15) is 9.59 Å². The van der Waals surface area contributed by atoms with Crippen LogP contribution in [0.5, 0.6) is 0 Å². The van der Waals surface area contributed by atoms with Crippen molar-refractivity contribution in [1.82, 2.24) is 10.6 Å². The van der Waals surface area contributed by atoms with Crippen molar-refractivity contribution in [3.05, 3.63) is 68.7 Å². The van der Waals surface area contributed by atoms with E-state index >= 15 is 0 Å². The molecule has 2 amide bonds. The Bertz CT molecular complexity index is 784. The van der Waals surface area contributed by atoms with Gasteiger partial charge in [0.1, 0.15) is 0 Å². The van der Waals surface area contributed by atoms with Gasteiger partial charge in [0.05, 0.1) is 24.0 Å². The van der Waals surface area contributed by atoms with Crippen LogP contribution in [0, 0.1) is 0 Å². The monoisotopic (exact) mass is 396 g/mol. The molecule has 25 heavy (non-hydrogen) atoms. The number of rotatable bonds is 0. The Kier molecular flexibility index (Phi) is 8.46. The first-order chi connectivity index (χ1) is 11.6. The molecule has 0 spiro atoms. The molecule has 0 aliphatic carbocycles. The average molecular weight is 397 g/mol. The molecule has 0 bridgehead atoms. The number of carbonyl (C=O) groups excluding carboxylic acids is 2. The minimum Gasteiger partial charge on any atom is -0.309 e. The van der Waals surface area contributed by atoms with Gasteiger partial charge in [-0.25, -0.2) is 0 Å². The quantitative estimate of drug-likeness (QED) is 0.525. The van der Waals surface area contributed by atoms with Crippen molar-refractivity contribution >= 4 is 55.3 Å². The van der Waals surface area contributed by atoms with Gasteiger partial charge in [-0.2, -0.15) is 0 Å². The maximum atomic E-state index is 11.1. The minimum atomic E-state index is -0.416. The fourth-order valence-electron chi connectivity index (χ4n) is 2.47. The summed E-state index contributed by atoms with van der Waals surface area (Å²) in [4.78, 5) is 22.1. The first-order valence-electron chi connectivity index (χ1n) is 7.27. The summed E-state index contributed by atoms with van der Waals surface area (Å²) in [6, 6.07) is 10.8. The lowest BCUT2D eigenvalue weighted by atomic mass is 10.1. The molecule has 4 rings (SSSR count). The normalized spacial score (nSPS) is 13.2. The van der Waals surface area contributed by atoms with Gasteiger partial charge in [-0.05, 0) is 29.3 Å². The summed E-state index contributed by atoms with van der Waals surface area (Å²) in [6.07, 6.45) is 0. The Labute approximate surface area is 164 Å². The van der Waals surface area contributed by atoms with Crippen molar-refractivity contribution in [1.29, 1.82) is 0 Å². The van der Waals surface area contributed by atoms with E-state index in [1.54, 1.807) is 18.2 Å². The second-order valence-electron chi connectivity index (χ2n) is 4.93. The SMILES string of the molecule is Cl.Clc1cccc2c1CNC2.O=C1NC(=O)c2c(Cl)cccc21.[B]C. The number of amides is 2. The van der Waals surface area contributed by atoms with E-state index in [0.29, 0.717) is 10.6 Å². The zero-order valence-corrected chi connectivity index (χ0v) is 15.8. The lowest BCUT2D eigenvalue weighted by molar-refractivity contribution is 0.0879. The van der Waals surface area contributed by atoms with Gasteiger partial charge in [0, 0.05) is 18.1 Å². The molecular formula is C17H16BCl3N2O2. The van der Waals surface area contributed by atoms with Gasteiger partial charge < -0.3 is 5.32 Å². The van der Waals surface area contributed by atoms with Crippen LogP contribution in [-0.2, 0) is 13.1 Å². The first-order valence-corrected chi connectivity index (χ1v) is 8.02. The molecule has 4 nitrogen and oxygen atoms in total. The van der Waals surface area contributed by atoms with Gasteiger partial charge >= 0.3 is 0 Å². The smallest absolute Gasteiger partial charge is 0.260 e. The summed E-state index contributed by atoms with van der Waals surface area (Å²) < 4.78 is 0. The number of nitrogens with one attached hydrogen (secondary N) is 2. The van der Waals surface area contributed by atoms with E-state index < -0.39 is 5.91 Å². The summed E-state index contributed by atoms with van der Waals surface area (Å²) >= 11 is 11.6. The molecule has 2 aliphatic rings. The highest BCUT2D eigenvalue weighted by Gasteiger charge is 2.28. The van der Waals surface area contributed by atoms with Crippen LogP contribution >= 0.6 is 35.6 Å². The molecule has 0 aromatic heterocycles. The number of carbonyl (C=O) groups is 2. The van der Waals surface area contributed by atoms with Crippen molar-refractivity contribution in [2.24, 2.45) is 0 Å². The summed E-state index contributed by atoms with van der Waals surface area (Å²) in [5, 5.41) is 6.61. The molecule has 2 aromatic rings. The van der Waals surface area contributed by atoms with Crippen molar-refractivity contribution in [2.45, 2.75) is 19.9 Å². The fraction of sp³-hybridized carbons (Fsp3) is 0.176. The molecule has 2 heterocycles. The lowest BCUT2D eigenvalue weighted by Crippen LogP contribution is -2.19. The van der Waals surface area contributed by atoms with E-state index in [2.05, 4.69) is 24.5 Å². The third-order valence-corrected chi connectivity index (χ3v) is 4.21. The Morgan fingerprint density at radius 1 is 0.920 bits per heavy atom. The molecule has 0 saturated heterocycles. The largest absolute Gasteiger partial charge is 0.309 e. The third kappa shape index (κ3) is 4.76. The van der Waals surface area contributed by atoms with Crippen LogP contribution in [0.25, 0.3) is 0 Å². The van der Waals surface area contributed by atoms with Gasteiger partial charge in [0.25, 0.3) is 11.8 Å². The summed E-state index contributed by atoms with van der Waals surface area (Å²) in [7, 11) is 4.50. The summed E-state index contributed by atoms with van der Waals surface area (Å²) in [5.41, 5.74) is 3.24. The highest BCUT2D eigenvalue weighted by atomic mass is 35.5. The molecule has 0 unspecified atom stereocenters. The second kappa shape index (κ2) is 9.83.